The number of para-hydroxylation sites is 1. The van der Waals surface area contributed by atoms with Crippen molar-refractivity contribution in [1.29, 1.82) is 0 Å². The number of likely N-dealkylation sites (tertiary alicyclic amines) is 1. The maximum absolute atomic E-state index is 12.9. The van der Waals surface area contributed by atoms with E-state index in [1.54, 1.807) is 11.8 Å². The lowest BCUT2D eigenvalue weighted by atomic mass is 10.1. The summed E-state index contributed by atoms with van der Waals surface area (Å²) in [6.45, 7) is 1.60. The van der Waals surface area contributed by atoms with Crippen LogP contribution in [0.4, 0.5) is 5.69 Å². The first-order valence-corrected chi connectivity index (χ1v) is 10.0. The number of rotatable bonds is 3. The summed E-state index contributed by atoms with van der Waals surface area (Å²) in [4.78, 5) is 28.7. The van der Waals surface area contributed by atoms with Gasteiger partial charge in [-0.25, -0.2) is 0 Å². The Morgan fingerprint density at radius 3 is 2.50 bits per heavy atom. The minimum absolute atomic E-state index is 0.0166. The average Bonchev–Trinajstić information content (AvgIpc) is 3.13. The molecule has 0 spiro atoms. The van der Waals surface area contributed by atoms with E-state index in [0.29, 0.717) is 11.3 Å². The molecule has 2 heterocycles. The highest BCUT2D eigenvalue weighted by atomic mass is 32.2. The number of benzene rings is 2. The Labute approximate surface area is 158 Å². The zero-order valence-corrected chi connectivity index (χ0v) is 15.4. The highest BCUT2D eigenvalue weighted by Crippen LogP contribution is 2.37. The fourth-order valence-electron chi connectivity index (χ4n) is 3.59. The van der Waals surface area contributed by atoms with Gasteiger partial charge in [0.25, 0.3) is 5.91 Å². The number of nitrogens with one attached hydrogen (secondary N) is 1. The SMILES string of the molecule is O=C(Nc1ccccc1C(=O)N1CCCCC1)C1Cc2ccccc2S1. The fraction of sp³-hybridized carbons (Fsp3) is 0.333. The van der Waals surface area contributed by atoms with Crippen molar-refractivity contribution in [1.82, 2.24) is 4.90 Å². The molecule has 1 unspecified atom stereocenters. The summed E-state index contributed by atoms with van der Waals surface area (Å²) < 4.78 is 0. The van der Waals surface area contributed by atoms with Crippen molar-refractivity contribution in [2.75, 3.05) is 18.4 Å². The first kappa shape index (κ1) is 17.2. The molecular formula is C21H22N2O2S. The van der Waals surface area contributed by atoms with Crippen molar-refractivity contribution in [2.24, 2.45) is 0 Å². The molecule has 26 heavy (non-hydrogen) atoms. The van der Waals surface area contributed by atoms with Crippen LogP contribution in [0.3, 0.4) is 0 Å². The van der Waals surface area contributed by atoms with Gasteiger partial charge in [0.05, 0.1) is 16.5 Å². The average molecular weight is 366 g/mol. The number of carbonyl (C=O) groups is 2. The molecule has 2 aromatic rings. The molecular weight excluding hydrogens is 344 g/mol. The van der Waals surface area contributed by atoms with E-state index in [1.165, 1.54) is 16.9 Å². The van der Waals surface area contributed by atoms with Crippen LogP contribution < -0.4 is 5.32 Å². The number of fused-ring (bicyclic) bond motifs is 1. The van der Waals surface area contributed by atoms with E-state index >= 15 is 0 Å². The Kier molecular flexibility index (Phi) is 4.98. The van der Waals surface area contributed by atoms with Crippen LogP contribution in [0.25, 0.3) is 0 Å². The Balaban J connectivity index is 1.48. The summed E-state index contributed by atoms with van der Waals surface area (Å²) in [7, 11) is 0. The number of piperidine rings is 1. The molecule has 4 rings (SSSR count). The smallest absolute Gasteiger partial charge is 0.255 e. The predicted molar refractivity (Wildman–Crippen MR) is 105 cm³/mol. The van der Waals surface area contributed by atoms with Crippen LogP contribution in [0, 0.1) is 0 Å². The Morgan fingerprint density at radius 1 is 0.962 bits per heavy atom. The van der Waals surface area contributed by atoms with E-state index in [1.807, 2.05) is 41.3 Å². The summed E-state index contributed by atoms with van der Waals surface area (Å²) in [5.41, 5.74) is 2.42. The fourth-order valence-corrected chi connectivity index (χ4v) is 4.78. The van der Waals surface area contributed by atoms with Crippen LogP contribution in [0.2, 0.25) is 0 Å². The number of thioether (sulfide) groups is 1. The number of nitrogens with zero attached hydrogens (tertiary/aromatic N) is 1. The third kappa shape index (κ3) is 3.49. The molecule has 4 nitrogen and oxygen atoms in total. The number of hydrogen-bond acceptors (Lipinski definition) is 3. The zero-order chi connectivity index (χ0) is 17.9. The van der Waals surface area contributed by atoms with Gasteiger partial charge >= 0.3 is 0 Å². The molecule has 2 amide bonds. The lowest BCUT2D eigenvalue weighted by Crippen LogP contribution is -2.36. The summed E-state index contributed by atoms with van der Waals surface area (Å²) in [5.74, 6) is -0.0203. The van der Waals surface area contributed by atoms with Gasteiger partial charge < -0.3 is 10.2 Å². The largest absolute Gasteiger partial charge is 0.339 e. The predicted octanol–water partition coefficient (Wildman–Crippen LogP) is 3.97. The van der Waals surface area contributed by atoms with E-state index in [2.05, 4.69) is 17.4 Å². The van der Waals surface area contributed by atoms with Crippen molar-refractivity contribution in [3.8, 4) is 0 Å². The molecule has 0 aliphatic carbocycles. The van der Waals surface area contributed by atoms with Gasteiger partial charge in [-0.15, -0.1) is 11.8 Å². The van der Waals surface area contributed by atoms with Crippen LogP contribution >= 0.6 is 11.8 Å². The van der Waals surface area contributed by atoms with Gasteiger partial charge in [-0.05, 0) is 49.4 Å². The quantitative estimate of drug-likeness (QED) is 0.894. The molecule has 2 aliphatic rings. The normalized spacial score (nSPS) is 19.1. The Morgan fingerprint density at radius 2 is 1.69 bits per heavy atom. The molecule has 0 radical (unpaired) electrons. The van der Waals surface area contributed by atoms with Crippen molar-refractivity contribution in [3.63, 3.8) is 0 Å². The molecule has 1 atom stereocenters. The van der Waals surface area contributed by atoms with E-state index < -0.39 is 0 Å². The van der Waals surface area contributed by atoms with E-state index in [0.717, 1.165) is 32.4 Å². The van der Waals surface area contributed by atoms with E-state index in [-0.39, 0.29) is 17.1 Å². The summed E-state index contributed by atoms with van der Waals surface area (Å²) in [6, 6.07) is 15.5. The van der Waals surface area contributed by atoms with Crippen LogP contribution in [-0.4, -0.2) is 35.1 Å². The molecule has 134 valence electrons. The first-order valence-electron chi connectivity index (χ1n) is 9.16. The molecule has 0 saturated carbocycles. The maximum atomic E-state index is 12.9. The summed E-state index contributed by atoms with van der Waals surface area (Å²) in [5, 5.41) is 2.85. The molecule has 1 saturated heterocycles. The van der Waals surface area contributed by atoms with E-state index in [9.17, 15) is 9.59 Å². The lowest BCUT2D eigenvalue weighted by molar-refractivity contribution is -0.115. The van der Waals surface area contributed by atoms with E-state index in [4.69, 9.17) is 0 Å². The molecule has 1 fully saturated rings. The van der Waals surface area contributed by atoms with Gasteiger partial charge in [-0.2, -0.15) is 0 Å². The van der Waals surface area contributed by atoms with Gasteiger partial charge in [0.15, 0.2) is 0 Å². The monoisotopic (exact) mass is 366 g/mol. The minimum atomic E-state index is -0.148. The molecule has 2 aliphatic heterocycles. The second kappa shape index (κ2) is 7.54. The number of anilines is 1. The Bertz CT molecular complexity index is 805. The molecule has 5 heteroatoms. The van der Waals surface area contributed by atoms with Gasteiger partial charge in [-0.3, -0.25) is 9.59 Å². The Hall–Kier alpha value is -2.27. The van der Waals surface area contributed by atoms with Crippen molar-refractivity contribution >= 4 is 29.3 Å². The van der Waals surface area contributed by atoms with Gasteiger partial charge in [0.2, 0.25) is 5.91 Å². The number of hydrogen-bond donors (Lipinski definition) is 1. The van der Waals surface area contributed by atoms with Gasteiger partial charge in [0, 0.05) is 18.0 Å². The van der Waals surface area contributed by atoms with Crippen molar-refractivity contribution in [3.05, 3.63) is 59.7 Å². The molecule has 1 N–H and O–H groups in total. The minimum Gasteiger partial charge on any atom is -0.339 e. The second-order valence-corrected chi connectivity index (χ2v) is 8.05. The summed E-state index contributed by atoms with van der Waals surface area (Å²) in [6.07, 6.45) is 4.02. The van der Waals surface area contributed by atoms with Gasteiger partial charge in [-0.1, -0.05) is 30.3 Å². The highest BCUT2D eigenvalue weighted by molar-refractivity contribution is 8.01. The van der Waals surface area contributed by atoms with Crippen molar-refractivity contribution in [2.45, 2.75) is 35.8 Å². The molecule has 2 aromatic carbocycles. The lowest BCUT2D eigenvalue weighted by Gasteiger charge is -2.27. The first-order chi connectivity index (χ1) is 12.7. The second-order valence-electron chi connectivity index (χ2n) is 6.81. The maximum Gasteiger partial charge on any atom is 0.255 e. The topological polar surface area (TPSA) is 49.4 Å². The van der Waals surface area contributed by atoms with Crippen LogP contribution in [0.1, 0.15) is 35.2 Å². The third-order valence-corrected chi connectivity index (χ3v) is 6.32. The number of amides is 2. The number of carbonyl (C=O) groups excluding carboxylic acids is 2. The standard InChI is InChI=1S/C21H22N2O2S/c24-20(19-14-15-8-2-5-11-18(15)26-19)22-17-10-4-3-9-16(17)21(25)23-12-6-1-7-13-23/h2-5,8-11,19H,1,6-7,12-14H2,(H,22,24). The third-order valence-electron chi connectivity index (χ3n) is 5.00. The van der Waals surface area contributed by atoms with Crippen LogP contribution in [0.15, 0.2) is 53.4 Å². The summed E-state index contributed by atoms with van der Waals surface area (Å²) >= 11 is 1.60. The van der Waals surface area contributed by atoms with Crippen LogP contribution in [-0.2, 0) is 11.2 Å². The molecule has 0 aromatic heterocycles. The van der Waals surface area contributed by atoms with Crippen LogP contribution in [0.5, 0.6) is 0 Å². The molecule has 0 bridgehead atoms. The zero-order valence-electron chi connectivity index (χ0n) is 14.6. The van der Waals surface area contributed by atoms with Gasteiger partial charge in [0.1, 0.15) is 0 Å². The highest BCUT2D eigenvalue weighted by Gasteiger charge is 2.29. The van der Waals surface area contributed by atoms with Crippen molar-refractivity contribution < 1.29 is 9.59 Å².